The maximum absolute atomic E-state index is 12.6. The van der Waals surface area contributed by atoms with E-state index in [9.17, 15) is 14.7 Å². The summed E-state index contributed by atoms with van der Waals surface area (Å²) in [5.74, 6) is -0.293. The van der Waals surface area contributed by atoms with Gasteiger partial charge in [-0.25, -0.2) is 9.59 Å². The van der Waals surface area contributed by atoms with Gasteiger partial charge in [-0.3, -0.25) is 0 Å². The molecule has 2 amide bonds. The highest BCUT2D eigenvalue weighted by Crippen LogP contribution is 2.34. The molecular formula is C19H26N2O6. The number of benzene rings is 1. The molecule has 0 saturated heterocycles. The first-order valence-electron chi connectivity index (χ1n) is 8.86. The molecule has 0 aromatic heterocycles. The summed E-state index contributed by atoms with van der Waals surface area (Å²) in [4.78, 5) is 24.5. The molecule has 2 rings (SSSR count). The number of amides is 2. The zero-order valence-electron chi connectivity index (χ0n) is 16.0. The van der Waals surface area contributed by atoms with E-state index < -0.39 is 18.0 Å². The summed E-state index contributed by atoms with van der Waals surface area (Å²) in [5.41, 5.74) is 1.28. The summed E-state index contributed by atoms with van der Waals surface area (Å²) in [5, 5.41) is 15.2. The van der Waals surface area contributed by atoms with Crippen LogP contribution in [0.5, 0.6) is 11.5 Å². The third kappa shape index (κ3) is 5.37. The molecule has 3 N–H and O–H groups in total. The number of phenols is 1. The van der Waals surface area contributed by atoms with Gasteiger partial charge < -0.3 is 30.0 Å². The number of hydrogen-bond donors (Lipinski definition) is 3. The first kappa shape index (κ1) is 20.6. The summed E-state index contributed by atoms with van der Waals surface area (Å²) in [6, 6.07) is 3.53. The second-order valence-corrected chi connectivity index (χ2v) is 6.29. The van der Waals surface area contributed by atoms with Gasteiger partial charge in [-0.05, 0) is 45.4 Å². The van der Waals surface area contributed by atoms with E-state index in [-0.39, 0.29) is 36.4 Å². The number of nitrogens with one attached hydrogen (secondary N) is 2. The molecule has 8 nitrogen and oxygen atoms in total. The number of esters is 1. The van der Waals surface area contributed by atoms with Gasteiger partial charge in [0.15, 0.2) is 11.5 Å². The van der Waals surface area contributed by atoms with Crippen LogP contribution in [0.4, 0.5) is 4.79 Å². The minimum atomic E-state index is -0.725. The number of urea groups is 1. The van der Waals surface area contributed by atoms with E-state index in [1.165, 1.54) is 6.07 Å². The Hall–Kier alpha value is -2.74. The van der Waals surface area contributed by atoms with Crippen LogP contribution in [0.25, 0.3) is 0 Å². The van der Waals surface area contributed by atoms with Crippen molar-refractivity contribution in [2.24, 2.45) is 0 Å². The fourth-order valence-corrected chi connectivity index (χ4v) is 2.69. The number of carbonyl (C=O) groups excluding carboxylic acids is 2. The summed E-state index contributed by atoms with van der Waals surface area (Å²) >= 11 is 0. The monoisotopic (exact) mass is 378 g/mol. The smallest absolute Gasteiger partial charge is 0.338 e. The summed E-state index contributed by atoms with van der Waals surface area (Å²) in [6.07, 6.45) is 0.0435. The van der Waals surface area contributed by atoms with Crippen LogP contribution in [-0.4, -0.2) is 43.0 Å². The third-order valence-corrected chi connectivity index (χ3v) is 3.87. The van der Waals surface area contributed by atoms with Crippen molar-refractivity contribution in [3.63, 3.8) is 0 Å². The standard InChI is InChI=1S/C19H26N2O6/c1-5-25-15-10-13(6-7-14(15)22)17-16(12(4)20-19(24)21-17)18(23)27-9-8-26-11(2)3/h6-7,10-11,17,22H,5,8-9H2,1-4H3,(H2,20,21,24)/t17-/m1/s1. The van der Waals surface area contributed by atoms with Crippen LogP contribution in [0.3, 0.4) is 0 Å². The topological polar surface area (TPSA) is 106 Å². The molecule has 148 valence electrons. The lowest BCUT2D eigenvalue weighted by molar-refractivity contribution is -0.141. The normalized spacial score (nSPS) is 16.8. The largest absolute Gasteiger partial charge is 0.504 e. The summed E-state index contributed by atoms with van der Waals surface area (Å²) in [7, 11) is 0. The van der Waals surface area contributed by atoms with Crippen molar-refractivity contribution < 1.29 is 28.9 Å². The Morgan fingerprint density at radius 2 is 2.04 bits per heavy atom. The first-order valence-corrected chi connectivity index (χ1v) is 8.86. The Kier molecular flexibility index (Phi) is 7.06. The third-order valence-electron chi connectivity index (χ3n) is 3.87. The second kappa shape index (κ2) is 9.27. The minimum absolute atomic E-state index is 0.0171. The minimum Gasteiger partial charge on any atom is -0.504 e. The second-order valence-electron chi connectivity index (χ2n) is 6.29. The van der Waals surface area contributed by atoms with Gasteiger partial charge in [-0.1, -0.05) is 6.07 Å². The fraction of sp³-hybridized carbons (Fsp3) is 0.474. The number of aromatic hydroxyl groups is 1. The van der Waals surface area contributed by atoms with Crippen molar-refractivity contribution in [2.75, 3.05) is 19.8 Å². The Bertz CT molecular complexity index is 729. The van der Waals surface area contributed by atoms with Crippen LogP contribution in [-0.2, 0) is 14.3 Å². The van der Waals surface area contributed by atoms with Gasteiger partial charge >= 0.3 is 12.0 Å². The van der Waals surface area contributed by atoms with Crippen molar-refractivity contribution in [1.29, 1.82) is 0 Å². The molecular weight excluding hydrogens is 352 g/mol. The molecule has 1 heterocycles. The number of hydrogen-bond acceptors (Lipinski definition) is 6. The van der Waals surface area contributed by atoms with E-state index in [1.807, 2.05) is 13.8 Å². The highest BCUT2D eigenvalue weighted by Gasteiger charge is 2.32. The molecule has 0 radical (unpaired) electrons. The fourth-order valence-electron chi connectivity index (χ4n) is 2.69. The zero-order valence-corrected chi connectivity index (χ0v) is 16.0. The van der Waals surface area contributed by atoms with Crippen molar-refractivity contribution in [3.05, 3.63) is 35.0 Å². The van der Waals surface area contributed by atoms with Gasteiger partial charge in [0.1, 0.15) is 6.61 Å². The average molecular weight is 378 g/mol. The van der Waals surface area contributed by atoms with Crippen LogP contribution in [0.2, 0.25) is 0 Å². The van der Waals surface area contributed by atoms with Crippen LogP contribution in [0, 0.1) is 0 Å². The molecule has 1 aromatic rings. The lowest BCUT2D eigenvalue weighted by Gasteiger charge is -2.28. The van der Waals surface area contributed by atoms with Crippen LogP contribution >= 0.6 is 0 Å². The number of carbonyl (C=O) groups is 2. The lowest BCUT2D eigenvalue weighted by atomic mass is 9.95. The van der Waals surface area contributed by atoms with Gasteiger partial charge in [0.2, 0.25) is 0 Å². The van der Waals surface area contributed by atoms with Crippen LogP contribution in [0.15, 0.2) is 29.5 Å². The number of ether oxygens (including phenoxy) is 3. The van der Waals surface area contributed by atoms with E-state index in [0.29, 0.717) is 17.9 Å². The highest BCUT2D eigenvalue weighted by atomic mass is 16.6. The molecule has 0 saturated carbocycles. The predicted octanol–water partition coefficient (Wildman–Crippen LogP) is 2.39. The maximum atomic E-state index is 12.6. The predicted molar refractivity (Wildman–Crippen MR) is 98.4 cm³/mol. The first-order chi connectivity index (χ1) is 12.8. The van der Waals surface area contributed by atoms with Crippen molar-refractivity contribution >= 4 is 12.0 Å². The maximum Gasteiger partial charge on any atom is 0.338 e. The molecule has 1 aliphatic rings. The average Bonchev–Trinajstić information content (AvgIpc) is 2.59. The Morgan fingerprint density at radius 1 is 1.30 bits per heavy atom. The van der Waals surface area contributed by atoms with Gasteiger partial charge in [-0.15, -0.1) is 0 Å². The number of allylic oxidation sites excluding steroid dienone is 1. The molecule has 0 aliphatic carbocycles. The Morgan fingerprint density at radius 3 is 2.70 bits per heavy atom. The van der Waals surface area contributed by atoms with Crippen molar-refractivity contribution in [3.8, 4) is 11.5 Å². The van der Waals surface area contributed by atoms with Gasteiger partial charge in [0.25, 0.3) is 0 Å². The Balaban J connectivity index is 2.25. The quantitative estimate of drug-likeness (QED) is 0.474. The van der Waals surface area contributed by atoms with Crippen LogP contribution < -0.4 is 15.4 Å². The molecule has 8 heteroatoms. The molecule has 1 atom stereocenters. The van der Waals surface area contributed by atoms with Gasteiger partial charge in [0.05, 0.1) is 30.9 Å². The van der Waals surface area contributed by atoms with E-state index in [0.717, 1.165) is 0 Å². The van der Waals surface area contributed by atoms with E-state index in [1.54, 1.807) is 26.0 Å². The lowest BCUT2D eigenvalue weighted by Crippen LogP contribution is -2.45. The molecule has 0 unspecified atom stereocenters. The zero-order chi connectivity index (χ0) is 20.0. The molecule has 0 fully saturated rings. The van der Waals surface area contributed by atoms with E-state index >= 15 is 0 Å². The molecule has 1 aromatic carbocycles. The molecule has 27 heavy (non-hydrogen) atoms. The SMILES string of the molecule is CCOc1cc([C@H]2NC(=O)NC(C)=C2C(=O)OCCOC(C)C)ccc1O. The van der Waals surface area contributed by atoms with E-state index in [2.05, 4.69) is 10.6 Å². The molecule has 1 aliphatic heterocycles. The van der Waals surface area contributed by atoms with Gasteiger partial charge in [-0.2, -0.15) is 0 Å². The Labute approximate surface area is 158 Å². The highest BCUT2D eigenvalue weighted by molar-refractivity contribution is 5.95. The van der Waals surface area contributed by atoms with Crippen LogP contribution in [0.1, 0.15) is 39.3 Å². The number of rotatable bonds is 8. The summed E-state index contributed by atoms with van der Waals surface area (Å²) in [6.45, 7) is 7.98. The van der Waals surface area contributed by atoms with Gasteiger partial charge in [0, 0.05) is 5.70 Å². The van der Waals surface area contributed by atoms with Crippen molar-refractivity contribution in [1.82, 2.24) is 10.6 Å². The van der Waals surface area contributed by atoms with E-state index in [4.69, 9.17) is 14.2 Å². The molecule has 0 bridgehead atoms. The number of phenolic OH excluding ortho intramolecular Hbond substituents is 1. The molecule has 0 spiro atoms. The summed E-state index contributed by atoms with van der Waals surface area (Å²) < 4.78 is 16.1. The van der Waals surface area contributed by atoms with Crippen molar-refractivity contribution in [2.45, 2.75) is 39.8 Å².